The normalized spacial score (nSPS) is 29.8. The van der Waals surface area contributed by atoms with Crippen molar-refractivity contribution in [2.75, 3.05) is 19.9 Å². The average molecular weight is 626 g/mol. The highest BCUT2D eigenvalue weighted by Gasteiger charge is 2.79. The molecule has 5 aliphatic rings. The number of esters is 1. The SMILES string of the molecule is CCCCCCCCCCCCCCCC(=O)OCOc1ccc2c3c1O[C@@]1(O)C(=O)CC[C@@]4(O)C(C2)N(CC2CC2)CC[C@]314. The number of unbranched alkanes of at least 4 members (excludes halogenated alkanes) is 12. The number of hydrogen-bond acceptors (Lipinski definition) is 8. The molecule has 8 heteroatoms. The van der Waals surface area contributed by atoms with Crippen LogP contribution in [0.15, 0.2) is 12.1 Å². The number of piperidine rings is 1. The van der Waals surface area contributed by atoms with Crippen LogP contribution >= 0.6 is 0 Å². The minimum atomic E-state index is -2.13. The van der Waals surface area contributed by atoms with Crippen molar-refractivity contribution >= 4 is 11.8 Å². The largest absolute Gasteiger partial charge is 0.453 e. The third-order valence-corrected chi connectivity index (χ3v) is 11.6. The van der Waals surface area contributed by atoms with E-state index in [1.54, 1.807) is 6.07 Å². The maximum atomic E-state index is 13.3. The lowest BCUT2D eigenvalue weighted by atomic mass is 9.47. The number of ketones is 1. The molecule has 2 heterocycles. The Labute approximate surface area is 269 Å². The van der Waals surface area contributed by atoms with E-state index in [0.29, 0.717) is 55.2 Å². The summed E-state index contributed by atoms with van der Waals surface area (Å²) in [5.74, 6) is -1.51. The molecular formula is C37H55NO7. The molecule has 0 amide bonds. The molecule has 1 aromatic rings. The van der Waals surface area contributed by atoms with E-state index in [1.165, 1.54) is 77.0 Å². The number of likely N-dealkylation sites (tertiary alicyclic amines) is 1. The number of hydrogen-bond donors (Lipinski definition) is 2. The zero-order valence-corrected chi connectivity index (χ0v) is 27.5. The topological polar surface area (TPSA) is 106 Å². The number of Topliss-reactive ketones (excluding diaryl/α,β-unsaturated/α-hetero) is 1. The van der Waals surface area contributed by atoms with Crippen molar-refractivity contribution in [3.8, 4) is 11.5 Å². The van der Waals surface area contributed by atoms with Crippen LogP contribution in [-0.4, -0.2) is 64.2 Å². The molecule has 1 unspecified atom stereocenters. The summed E-state index contributed by atoms with van der Waals surface area (Å²) in [4.78, 5) is 28.1. The van der Waals surface area contributed by atoms with E-state index in [4.69, 9.17) is 14.2 Å². The van der Waals surface area contributed by atoms with Crippen LogP contribution in [0.4, 0.5) is 0 Å². The van der Waals surface area contributed by atoms with Gasteiger partial charge in [0.05, 0.1) is 5.60 Å². The van der Waals surface area contributed by atoms with Gasteiger partial charge in [0.25, 0.3) is 5.79 Å². The summed E-state index contributed by atoms with van der Waals surface area (Å²) in [6.07, 6.45) is 20.5. The summed E-state index contributed by atoms with van der Waals surface area (Å²) >= 11 is 0. The molecule has 1 saturated heterocycles. The van der Waals surface area contributed by atoms with Crippen molar-refractivity contribution in [2.24, 2.45) is 5.92 Å². The molecule has 3 fully saturated rings. The first-order valence-electron chi connectivity index (χ1n) is 18.2. The highest BCUT2D eigenvalue weighted by molar-refractivity contribution is 5.92. The number of carbonyl (C=O) groups excluding carboxylic acids is 2. The van der Waals surface area contributed by atoms with E-state index < -0.39 is 16.8 Å². The van der Waals surface area contributed by atoms with E-state index in [1.807, 2.05) is 6.07 Å². The molecule has 45 heavy (non-hydrogen) atoms. The molecule has 0 aromatic heterocycles. The Balaban J connectivity index is 0.979. The van der Waals surface area contributed by atoms with Crippen molar-refractivity contribution in [1.29, 1.82) is 0 Å². The second-order valence-electron chi connectivity index (χ2n) is 14.6. The molecule has 1 spiro atoms. The molecular weight excluding hydrogens is 570 g/mol. The number of nitrogens with zero attached hydrogens (tertiary/aromatic N) is 1. The summed E-state index contributed by atoms with van der Waals surface area (Å²) in [6.45, 7) is 3.63. The maximum absolute atomic E-state index is 13.3. The number of aliphatic hydroxyl groups is 2. The highest BCUT2D eigenvalue weighted by Crippen LogP contribution is 2.68. The Morgan fingerprint density at radius 2 is 1.62 bits per heavy atom. The van der Waals surface area contributed by atoms with Gasteiger partial charge in [-0.15, -0.1) is 0 Å². The van der Waals surface area contributed by atoms with Gasteiger partial charge in [0.15, 0.2) is 11.5 Å². The van der Waals surface area contributed by atoms with Crippen molar-refractivity contribution in [3.05, 3.63) is 23.3 Å². The highest BCUT2D eigenvalue weighted by atomic mass is 16.7. The van der Waals surface area contributed by atoms with E-state index >= 15 is 0 Å². The van der Waals surface area contributed by atoms with E-state index in [0.717, 1.165) is 31.4 Å². The monoisotopic (exact) mass is 625 g/mol. The van der Waals surface area contributed by atoms with Gasteiger partial charge in [0, 0.05) is 31.0 Å². The zero-order valence-electron chi connectivity index (χ0n) is 27.5. The van der Waals surface area contributed by atoms with Crippen LogP contribution < -0.4 is 9.47 Å². The second-order valence-corrected chi connectivity index (χ2v) is 14.6. The van der Waals surface area contributed by atoms with Crippen LogP contribution in [0.2, 0.25) is 0 Å². The summed E-state index contributed by atoms with van der Waals surface area (Å²) < 4.78 is 17.5. The molecule has 3 aliphatic carbocycles. The smallest absolute Gasteiger partial charge is 0.308 e. The maximum Gasteiger partial charge on any atom is 0.308 e. The van der Waals surface area contributed by atoms with Gasteiger partial charge in [-0.1, -0.05) is 90.0 Å². The lowest BCUT2D eigenvalue weighted by Crippen LogP contribution is -2.80. The molecule has 2 aliphatic heterocycles. The van der Waals surface area contributed by atoms with E-state index in [-0.39, 0.29) is 31.0 Å². The Kier molecular flexibility index (Phi) is 10.1. The zero-order chi connectivity index (χ0) is 31.5. The van der Waals surface area contributed by atoms with E-state index in [2.05, 4.69) is 11.8 Å². The van der Waals surface area contributed by atoms with E-state index in [9.17, 15) is 19.8 Å². The molecule has 250 valence electrons. The Hall–Kier alpha value is -2.16. The Bertz CT molecular complexity index is 1220. The number of benzene rings is 1. The molecule has 2 bridgehead atoms. The minimum absolute atomic E-state index is 0.0683. The lowest BCUT2D eigenvalue weighted by molar-refractivity contribution is -0.267. The molecule has 4 atom stereocenters. The molecule has 1 aromatic carbocycles. The summed E-state index contributed by atoms with van der Waals surface area (Å²) in [6, 6.07) is 3.57. The standard InChI is InChI=1S/C37H55NO7/c1-2-3-4-5-6-7-8-9-10-11-12-13-14-15-32(40)44-26-43-29-19-18-28-24-30-36(41)21-20-31(39)37(42)35(36,33(28)34(29)45-37)22-23-38(30)25-27-16-17-27/h18-19,27,30,41-42H,2-17,20-26H2,1H3/t30?,35-,36-,37+/m1/s1. The number of carbonyl (C=O) groups is 2. The van der Waals surface area contributed by atoms with Crippen LogP contribution in [0.3, 0.4) is 0 Å². The van der Waals surface area contributed by atoms with Gasteiger partial charge in [0.1, 0.15) is 5.41 Å². The van der Waals surface area contributed by atoms with Crippen molar-refractivity contribution in [3.63, 3.8) is 0 Å². The first-order chi connectivity index (χ1) is 21.8. The molecule has 8 nitrogen and oxygen atoms in total. The minimum Gasteiger partial charge on any atom is -0.453 e. The number of ether oxygens (including phenoxy) is 3. The fourth-order valence-corrected chi connectivity index (χ4v) is 8.96. The quantitative estimate of drug-likeness (QED) is 0.102. The van der Waals surface area contributed by atoms with Gasteiger partial charge < -0.3 is 24.4 Å². The predicted molar refractivity (Wildman–Crippen MR) is 171 cm³/mol. The lowest BCUT2D eigenvalue weighted by Gasteiger charge is -2.64. The van der Waals surface area contributed by atoms with Gasteiger partial charge >= 0.3 is 5.97 Å². The first-order valence-corrected chi connectivity index (χ1v) is 18.2. The summed E-state index contributed by atoms with van der Waals surface area (Å²) in [5, 5.41) is 24.4. The van der Waals surface area contributed by atoms with Crippen LogP contribution in [-0.2, 0) is 26.2 Å². The molecule has 0 radical (unpaired) electrons. The molecule has 2 saturated carbocycles. The van der Waals surface area contributed by atoms with Crippen molar-refractivity contribution in [1.82, 2.24) is 4.90 Å². The Morgan fingerprint density at radius 1 is 0.956 bits per heavy atom. The second kappa shape index (κ2) is 13.9. The van der Waals surface area contributed by atoms with Gasteiger partial charge in [0.2, 0.25) is 12.6 Å². The molecule has 2 N–H and O–H groups in total. The third-order valence-electron chi connectivity index (χ3n) is 11.6. The van der Waals surface area contributed by atoms with Crippen LogP contribution in [0.25, 0.3) is 0 Å². The van der Waals surface area contributed by atoms with Gasteiger partial charge in [-0.05, 0) is 62.6 Å². The van der Waals surface area contributed by atoms with Crippen molar-refractivity contribution < 1.29 is 34.0 Å². The van der Waals surface area contributed by atoms with Gasteiger partial charge in [-0.3, -0.25) is 14.5 Å². The average Bonchev–Trinajstić information content (AvgIpc) is 3.79. The van der Waals surface area contributed by atoms with Gasteiger partial charge in [-0.2, -0.15) is 0 Å². The predicted octanol–water partition coefficient (Wildman–Crippen LogP) is 6.50. The summed E-state index contributed by atoms with van der Waals surface area (Å²) in [7, 11) is 0. The fourth-order valence-electron chi connectivity index (χ4n) is 8.96. The van der Waals surface area contributed by atoms with Crippen molar-refractivity contribution in [2.45, 2.75) is 158 Å². The summed E-state index contributed by atoms with van der Waals surface area (Å²) in [5.41, 5.74) is -0.816. The fraction of sp³-hybridized carbons (Fsp3) is 0.784. The Morgan fingerprint density at radius 3 is 2.29 bits per heavy atom. The first kappa shape index (κ1) is 32.8. The third kappa shape index (κ3) is 6.16. The molecule has 6 rings (SSSR count). The van der Waals surface area contributed by atoms with Crippen LogP contribution in [0, 0.1) is 5.92 Å². The van der Waals surface area contributed by atoms with Gasteiger partial charge in [-0.25, -0.2) is 0 Å². The van der Waals surface area contributed by atoms with Crippen LogP contribution in [0.5, 0.6) is 11.5 Å². The number of rotatable bonds is 19. The van der Waals surface area contributed by atoms with Crippen LogP contribution in [0.1, 0.15) is 140 Å².